The lowest BCUT2D eigenvalue weighted by atomic mass is 9.85. The number of benzene rings is 1. The maximum atomic E-state index is 12.8. The van der Waals surface area contributed by atoms with Gasteiger partial charge in [0.25, 0.3) is 10.0 Å². The highest BCUT2D eigenvalue weighted by Gasteiger charge is 2.25. The third-order valence-electron chi connectivity index (χ3n) is 4.72. The highest BCUT2D eigenvalue weighted by Crippen LogP contribution is 2.39. The van der Waals surface area contributed by atoms with Gasteiger partial charge in [0.2, 0.25) is 0 Å². The van der Waals surface area contributed by atoms with Crippen LogP contribution in [0.1, 0.15) is 31.1 Å². The van der Waals surface area contributed by atoms with Gasteiger partial charge in [-0.25, -0.2) is 13.4 Å². The minimum Gasteiger partial charge on any atom is -0.497 e. The second-order valence-corrected chi connectivity index (χ2v) is 9.47. The summed E-state index contributed by atoms with van der Waals surface area (Å²) in [7, 11) is -0.765. The Labute approximate surface area is 167 Å². The van der Waals surface area contributed by atoms with Crippen LogP contribution in [0.25, 0.3) is 10.6 Å². The molecule has 0 bridgehead atoms. The van der Waals surface area contributed by atoms with Gasteiger partial charge in [0.1, 0.15) is 15.7 Å². The predicted octanol–water partition coefficient (Wildman–Crippen LogP) is 4.49. The molecule has 9 heteroatoms. The Bertz CT molecular complexity index is 1080. The van der Waals surface area contributed by atoms with Crippen molar-refractivity contribution in [3.63, 3.8) is 0 Å². The number of oxazole rings is 1. The van der Waals surface area contributed by atoms with E-state index < -0.39 is 10.0 Å². The second kappa shape index (κ2) is 7.48. The molecular formula is C19H20N2O5S2. The summed E-state index contributed by atoms with van der Waals surface area (Å²) in [4.78, 5) is 5.06. The molecule has 28 heavy (non-hydrogen) atoms. The van der Waals surface area contributed by atoms with E-state index >= 15 is 0 Å². The van der Waals surface area contributed by atoms with Crippen LogP contribution in [0.2, 0.25) is 0 Å². The van der Waals surface area contributed by atoms with Gasteiger partial charge in [0.05, 0.1) is 31.0 Å². The minimum atomic E-state index is -3.77. The number of ether oxygens (including phenoxy) is 2. The molecule has 148 valence electrons. The van der Waals surface area contributed by atoms with E-state index in [1.165, 1.54) is 20.6 Å². The zero-order chi connectivity index (χ0) is 19.7. The molecule has 1 aliphatic rings. The lowest BCUT2D eigenvalue weighted by molar-refractivity contribution is 0.338. The Morgan fingerprint density at radius 3 is 2.68 bits per heavy atom. The molecule has 0 unspecified atom stereocenters. The highest BCUT2D eigenvalue weighted by atomic mass is 32.2. The number of sulfonamides is 1. The van der Waals surface area contributed by atoms with Gasteiger partial charge in [-0.2, -0.15) is 0 Å². The molecule has 0 saturated heterocycles. The molecule has 1 aliphatic carbocycles. The summed E-state index contributed by atoms with van der Waals surface area (Å²) >= 11 is 1.13. The average molecular weight is 421 g/mol. The van der Waals surface area contributed by atoms with Crippen LogP contribution in [0.4, 0.5) is 5.69 Å². The number of anilines is 1. The molecule has 1 saturated carbocycles. The van der Waals surface area contributed by atoms with Gasteiger partial charge in [-0.15, -0.1) is 11.3 Å². The topological polar surface area (TPSA) is 90.7 Å². The predicted molar refractivity (Wildman–Crippen MR) is 107 cm³/mol. The van der Waals surface area contributed by atoms with E-state index in [0.717, 1.165) is 34.9 Å². The van der Waals surface area contributed by atoms with Crippen molar-refractivity contribution in [2.45, 2.75) is 29.4 Å². The van der Waals surface area contributed by atoms with Gasteiger partial charge in [0, 0.05) is 12.0 Å². The fourth-order valence-corrected chi connectivity index (χ4v) is 5.24. The summed E-state index contributed by atoms with van der Waals surface area (Å²) in [6, 6.07) is 8.18. The Morgan fingerprint density at radius 2 is 2.00 bits per heavy atom. The maximum Gasteiger partial charge on any atom is 0.271 e. The first kappa shape index (κ1) is 18.8. The Kier molecular flexibility index (Phi) is 5.03. The van der Waals surface area contributed by atoms with E-state index in [0.29, 0.717) is 28.9 Å². The van der Waals surface area contributed by atoms with E-state index in [2.05, 4.69) is 9.71 Å². The number of hydrogen-bond donors (Lipinski definition) is 1. The van der Waals surface area contributed by atoms with Crippen LogP contribution in [0, 0.1) is 0 Å². The van der Waals surface area contributed by atoms with Crippen LogP contribution in [0.15, 0.2) is 45.2 Å². The number of nitrogens with one attached hydrogen (secondary N) is 1. The van der Waals surface area contributed by atoms with E-state index in [1.54, 1.807) is 36.5 Å². The number of aromatic nitrogens is 1. The van der Waals surface area contributed by atoms with Gasteiger partial charge in [0.15, 0.2) is 11.7 Å². The van der Waals surface area contributed by atoms with E-state index in [1.807, 2.05) is 0 Å². The van der Waals surface area contributed by atoms with Crippen molar-refractivity contribution >= 4 is 27.0 Å². The summed E-state index contributed by atoms with van der Waals surface area (Å²) in [5, 5.41) is 0. The number of thiophene rings is 1. The molecular weight excluding hydrogens is 400 g/mol. The van der Waals surface area contributed by atoms with Crippen molar-refractivity contribution in [1.29, 1.82) is 0 Å². The monoisotopic (exact) mass is 420 g/mol. The first-order valence-electron chi connectivity index (χ1n) is 8.81. The lowest BCUT2D eigenvalue weighted by Crippen LogP contribution is -2.12. The van der Waals surface area contributed by atoms with Crippen LogP contribution in [-0.4, -0.2) is 27.6 Å². The summed E-state index contributed by atoms with van der Waals surface area (Å²) in [6.07, 6.45) is 5.05. The smallest absolute Gasteiger partial charge is 0.271 e. The zero-order valence-electron chi connectivity index (χ0n) is 15.5. The third-order valence-corrected chi connectivity index (χ3v) is 7.68. The zero-order valence-corrected chi connectivity index (χ0v) is 17.1. The van der Waals surface area contributed by atoms with E-state index in [-0.39, 0.29) is 4.21 Å². The van der Waals surface area contributed by atoms with Gasteiger partial charge in [-0.1, -0.05) is 6.42 Å². The SMILES string of the molecule is COc1ccc(NS(=O)(=O)c2ccc(-c3cnc(C4CCC4)o3)s2)c(OC)c1. The van der Waals surface area contributed by atoms with Crippen molar-refractivity contribution in [3.05, 3.63) is 42.4 Å². The molecule has 2 aromatic heterocycles. The maximum absolute atomic E-state index is 12.8. The fraction of sp³-hybridized carbons (Fsp3) is 0.316. The summed E-state index contributed by atoms with van der Waals surface area (Å²) < 4.78 is 44.6. The first-order chi connectivity index (χ1) is 13.5. The molecule has 0 aliphatic heterocycles. The minimum absolute atomic E-state index is 0.182. The number of rotatable bonds is 7. The van der Waals surface area contributed by atoms with Crippen LogP contribution in [0.3, 0.4) is 0 Å². The second-order valence-electron chi connectivity index (χ2n) is 6.48. The average Bonchev–Trinajstić information content (AvgIpc) is 3.30. The molecule has 0 atom stereocenters. The van der Waals surface area contributed by atoms with Gasteiger partial charge in [-0.05, 0) is 37.1 Å². The summed E-state index contributed by atoms with van der Waals surface area (Å²) in [6.45, 7) is 0. The standard InChI is InChI=1S/C19H20N2O5S2/c1-24-13-6-7-14(15(10-13)25-2)21-28(22,23)18-9-8-17(27-18)16-11-20-19(26-16)12-4-3-5-12/h6-12,21H,3-5H2,1-2H3. The van der Waals surface area contributed by atoms with E-state index in [9.17, 15) is 8.42 Å². The van der Waals surface area contributed by atoms with Crippen LogP contribution in [-0.2, 0) is 10.0 Å². The largest absolute Gasteiger partial charge is 0.497 e. The molecule has 1 aromatic carbocycles. The van der Waals surface area contributed by atoms with Gasteiger partial charge < -0.3 is 13.9 Å². The molecule has 1 fully saturated rings. The molecule has 4 rings (SSSR count). The van der Waals surface area contributed by atoms with E-state index in [4.69, 9.17) is 13.9 Å². The molecule has 3 aromatic rings. The van der Waals surface area contributed by atoms with Crippen LogP contribution >= 0.6 is 11.3 Å². The first-order valence-corrected chi connectivity index (χ1v) is 11.1. The molecule has 7 nitrogen and oxygen atoms in total. The molecule has 0 amide bonds. The Morgan fingerprint density at radius 1 is 1.18 bits per heavy atom. The molecule has 0 spiro atoms. The molecule has 2 heterocycles. The van der Waals surface area contributed by atoms with Gasteiger partial charge in [-0.3, -0.25) is 4.72 Å². The molecule has 1 N–H and O–H groups in total. The third kappa shape index (κ3) is 3.59. The molecule has 0 radical (unpaired) electrons. The Balaban J connectivity index is 1.56. The van der Waals surface area contributed by atoms with Crippen molar-refractivity contribution in [1.82, 2.24) is 4.98 Å². The van der Waals surface area contributed by atoms with Crippen molar-refractivity contribution in [3.8, 4) is 22.1 Å². The van der Waals surface area contributed by atoms with Crippen LogP contribution < -0.4 is 14.2 Å². The summed E-state index contributed by atoms with van der Waals surface area (Å²) in [5.41, 5.74) is 0.338. The quantitative estimate of drug-likeness (QED) is 0.606. The van der Waals surface area contributed by atoms with Crippen LogP contribution in [0.5, 0.6) is 11.5 Å². The van der Waals surface area contributed by atoms with Crippen molar-refractivity contribution in [2.75, 3.05) is 18.9 Å². The van der Waals surface area contributed by atoms with Crippen molar-refractivity contribution < 1.29 is 22.3 Å². The Hall–Kier alpha value is -2.52. The lowest BCUT2D eigenvalue weighted by Gasteiger charge is -2.21. The number of methoxy groups -OCH3 is 2. The van der Waals surface area contributed by atoms with Crippen molar-refractivity contribution in [2.24, 2.45) is 0 Å². The number of hydrogen-bond acceptors (Lipinski definition) is 7. The normalized spacial score (nSPS) is 14.5. The fourth-order valence-electron chi connectivity index (χ4n) is 2.92. The summed E-state index contributed by atoms with van der Waals surface area (Å²) in [5.74, 6) is 2.67. The van der Waals surface area contributed by atoms with Gasteiger partial charge >= 0.3 is 0 Å². The number of nitrogens with zero attached hydrogens (tertiary/aromatic N) is 1. The highest BCUT2D eigenvalue weighted by molar-refractivity contribution is 7.94.